The van der Waals surface area contributed by atoms with Gasteiger partial charge in [0.05, 0.1) is 11.4 Å². The molecule has 1 saturated heterocycles. The van der Waals surface area contributed by atoms with Crippen molar-refractivity contribution >= 4 is 27.3 Å². The van der Waals surface area contributed by atoms with Crippen LogP contribution in [0.1, 0.15) is 24.1 Å². The highest BCUT2D eigenvalue weighted by atomic mass is 32.2. The van der Waals surface area contributed by atoms with Gasteiger partial charge < -0.3 is 5.32 Å². The van der Waals surface area contributed by atoms with E-state index in [4.69, 9.17) is 0 Å². The highest BCUT2D eigenvalue weighted by Gasteiger charge is 2.37. The Kier molecular flexibility index (Phi) is 5.51. The molecule has 1 atom stereocenters. The van der Waals surface area contributed by atoms with Gasteiger partial charge in [0.15, 0.2) is 0 Å². The lowest BCUT2D eigenvalue weighted by Crippen LogP contribution is -2.51. The molecule has 1 aromatic heterocycles. The van der Waals surface area contributed by atoms with Crippen LogP contribution in [0.3, 0.4) is 0 Å². The molecule has 1 aromatic carbocycles. The fourth-order valence-electron chi connectivity index (χ4n) is 2.90. The third-order valence-electron chi connectivity index (χ3n) is 4.19. The first-order valence-corrected chi connectivity index (χ1v) is 10.4. The molecule has 0 bridgehead atoms. The van der Waals surface area contributed by atoms with Gasteiger partial charge in [0.2, 0.25) is 15.9 Å². The number of piperidine rings is 1. The summed E-state index contributed by atoms with van der Waals surface area (Å²) in [5.41, 5.74) is 0. The first-order chi connectivity index (χ1) is 12.0. The van der Waals surface area contributed by atoms with Gasteiger partial charge in [-0.1, -0.05) is 12.5 Å². The van der Waals surface area contributed by atoms with Crippen LogP contribution in [0.4, 0.5) is 4.39 Å². The van der Waals surface area contributed by atoms with E-state index in [2.05, 4.69) is 5.32 Å². The van der Waals surface area contributed by atoms with Crippen LogP contribution in [0.2, 0.25) is 0 Å². The van der Waals surface area contributed by atoms with Crippen molar-refractivity contribution in [1.82, 2.24) is 9.62 Å². The quantitative estimate of drug-likeness (QED) is 0.865. The van der Waals surface area contributed by atoms with Gasteiger partial charge in [0, 0.05) is 11.4 Å². The third-order valence-corrected chi connectivity index (χ3v) is 6.99. The lowest BCUT2D eigenvalue weighted by molar-refractivity contribution is -0.125. The Balaban J connectivity index is 1.77. The average molecular weight is 382 g/mol. The molecule has 1 unspecified atom stereocenters. The zero-order chi connectivity index (χ0) is 17.9. The average Bonchev–Trinajstić information content (AvgIpc) is 3.13. The monoisotopic (exact) mass is 382 g/mol. The molecular formula is C17H19FN2O3S2. The van der Waals surface area contributed by atoms with E-state index >= 15 is 0 Å². The molecule has 2 aromatic rings. The molecule has 5 nitrogen and oxygen atoms in total. The van der Waals surface area contributed by atoms with E-state index in [1.54, 1.807) is 0 Å². The first-order valence-electron chi connectivity index (χ1n) is 8.06. The summed E-state index contributed by atoms with van der Waals surface area (Å²) in [6.07, 6.45) is 1.98. The summed E-state index contributed by atoms with van der Waals surface area (Å²) >= 11 is 1.53. The van der Waals surface area contributed by atoms with Crippen molar-refractivity contribution in [3.8, 4) is 0 Å². The van der Waals surface area contributed by atoms with E-state index < -0.39 is 21.9 Å². The van der Waals surface area contributed by atoms with E-state index in [-0.39, 0.29) is 17.3 Å². The summed E-state index contributed by atoms with van der Waals surface area (Å²) in [5, 5.41) is 4.75. The number of nitrogens with one attached hydrogen (secondary N) is 1. The SMILES string of the molecule is O=C(NCc1cccs1)C1CCCCN1S(=O)(=O)c1ccc(F)cc1. The van der Waals surface area contributed by atoms with Gasteiger partial charge in [-0.15, -0.1) is 11.3 Å². The number of carbonyl (C=O) groups excluding carboxylic acids is 1. The lowest BCUT2D eigenvalue weighted by Gasteiger charge is -2.33. The van der Waals surface area contributed by atoms with Crippen LogP contribution >= 0.6 is 11.3 Å². The molecule has 8 heteroatoms. The van der Waals surface area contributed by atoms with Crippen molar-refractivity contribution < 1.29 is 17.6 Å². The van der Waals surface area contributed by atoms with E-state index in [0.29, 0.717) is 19.4 Å². The van der Waals surface area contributed by atoms with Crippen LogP contribution in [0.15, 0.2) is 46.7 Å². The van der Waals surface area contributed by atoms with Crippen LogP contribution in [-0.4, -0.2) is 31.2 Å². The Bertz CT molecular complexity index is 820. The molecule has 1 aliphatic rings. The van der Waals surface area contributed by atoms with E-state index in [9.17, 15) is 17.6 Å². The molecule has 1 amide bonds. The maximum Gasteiger partial charge on any atom is 0.243 e. The summed E-state index contributed by atoms with van der Waals surface area (Å²) in [7, 11) is -3.84. The second-order valence-corrected chi connectivity index (χ2v) is 8.80. The van der Waals surface area contributed by atoms with Crippen LogP contribution < -0.4 is 5.32 Å². The van der Waals surface area contributed by atoms with Gasteiger partial charge in [0.1, 0.15) is 11.9 Å². The van der Waals surface area contributed by atoms with Gasteiger partial charge in [-0.3, -0.25) is 4.79 Å². The van der Waals surface area contributed by atoms with Gasteiger partial charge in [0.25, 0.3) is 0 Å². The fraction of sp³-hybridized carbons (Fsp3) is 0.353. The summed E-state index contributed by atoms with van der Waals surface area (Å²) in [6.45, 7) is 0.675. The lowest BCUT2D eigenvalue weighted by atomic mass is 10.0. The topological polar surface area (TPSA) is 66.5 Å². The van der Waals surface area contributed by atoms with Gasteiger partial charge in [-0.2, -0.15) is 4.31 Å². The highest BCUT2D eigenvalue weighted by molar-refractivity contribution is 7.89. The van der Waals surface area contributed by atoms with Crippen LogP contribution in [0.5, 0.6) is 0 Å². The Morgan fingerprint density at radius 1 is 1.24 bits per heavy atom. The number of hydrogen-bond donors (Lipinski definition) is 1. The predicted octanol–water partition coefficient (Wildman–Crippen LogP) is 2.75. The molecule has 25 heavy (non-hydrogen) atoms. The molecule has 3 rings (SSSR count). The Hall–Kier alpha value is -1.77. The van der Waals surface area contributed by atoms with E-state index in [1.807, 2.05) is 17.5 Å². The number of hydrogen-bond acceptors (Lipinski definition) is 4. The summed E-state index contributed by atoms with van der Waals surface area (Å²) in [5.74, 6) is -0.790. The molecule has 1 aliphatic heterocycles. The summed E-state index contributed by atoms with van der Waals surface area (Å²) in [6, 6.07) is 7.78. The number of nitrogens with zero attached hydrogens (tertiary/aromatic N) is 1. The van der Waals surface area contributed by atoms with Crippen molar-refractivity contribution in [2.24, 2.45) is 0 Å². The zero-order valence-corrected chi connectivity index (χ0v) is 15.2. The molecular weight excluding hydrogens is 363 g/mol. The number of carbonyl (C=O) groups is 1. The maximum atomic E-state index is 13.1. The minimum Gasteiger partial charge on any atom is -0.350 e. The van der Waals surface area contributed by atoms with Gasteiger partial charge in [-0.25, -0.2) is 12.8 Å². The van der Waals surface area contributed by atoms with Gasteiger partial charge >= 0.3 is 0 Å². The number of benzene rings is 1. The maximum absolute atomic E-state index is 13.1. The molecule has 1 fully saturated rings. The molecule has 2 heterocycles. The van der Waals surface area contributed by atoms with Crippen LogP contribution in [0, 0.1) is 5.82 Å². The second kappa shape index (κ2) is 7.63. The fourth-order valence-corrected chi connectivity index (χ4v) is 5.20. The Labute approximate surface area is 150 Å². The molecule has 134 valence electrons. The van der Waals surface area contributed by atoms with Crippen LogP contribution in [0.25, 0.3) is 0 Å². The number of amides is 1. The summed E-state index contributed by atoms with van der Waals surface area (Å²) < 4.78 is 40.1. The molecule has 0 radical (unpaired) electrons. The molecule has 0 aliphatic carbocycles. The molecule has 0 saturated carbocycles. The minimum absolute atomic E-state index is 0.00635. The Morgan fingerprint density at radius 2 is 2.00 bits per heavy atom. The van der Waals surface area contributed by atoms with Crippen molar-refractivity contribution in [2.45, 2.75) is 36.7 Å². The number of halogens is 1. The molecule has 1 N–H and O–H groups in total. The number of rotatable bonds is 5. The first kappa shape index (κ1) is 18.0. The highest BCUT2D eigenvalue weighted by Crippen LogP contribution is 2.26. The van der Waals surface area contributed by atoms with Crippen LogP contribution in [-0.2, 0) is 21.4 Å². The van der Waals surface area contributed by atoms with Crippen molar-refractivity contribution in [3.63, 3.8) is 0 Å². The predicted molar refractivity (Wildman–Crippen MR) is 94.1 cm³/mol. The van der Waals surface area contributed by atoms with Crippen molar-refractivity contribution in [3.05, 3.63) is 52.5 Å². The van der Waals surface area contributed by atoms with Crippen molar-refractivity contribution in [2.75, 3.05) is 6.54 Å². The zero-order valence-electron chi connectivity index (χ0n) is 13.5. The Morgan fingerprint density at radius 3 is 2.68 bits per heavy atom. The van der Waals surface area contributed by atoms with E-state index in [1.165, 1.54) is 27.8 Å². The third kappa shape index (κ3) is 4.08. The number of sulfonamides is 1. The smallest absolute Gasteiger partial charge is 0.243 e. The summed E-state index contributed by atoms with van der Waals surface area (Å²) in [4.78, 5) is 13.6. The normalized spacial score (nSPS) is 18.8. The second-order valence-electron chi connectivity index (χ2n) is 5.88. The molecule has 0 spiro atoms. The largest absolute Gasteiger partial charge is 0.350 e. The van der Waals surface area contributed by atoms with E-state index in [0.717, 1.165) is 23.4 Å². The minimum atomic E-state index is -3.84. The van der Waals surface area contributed by atoms with Gasteiger partial charge in [-0.05, 0) is 48.6 Å². The standard InChI is InChI=1S/C17H19FN2O3S2/c18-13-6-8-15(9-7-13)25(22,23)20-10-2-1-5-16(20)17(21)19-12-14-4-3-11-24-14/h3-4,6-9,11,16H,1-2,5,10,12H2,(H,19,21). The van der Waals surface area contributed by atoms with Crippen molar-refractivity contribution in [1.29, 1.82) is 0 Å². The number of thiophene rings is 1.